The van der Waals surface area contributed by atoms with E-state index in [-0.39, 0.29) is 5.56 Å². The molecule has 1 aliphatic heterocycles. The van der Waals surface area contributed by atoms with E-state index in [1.807, 2.05) is 0 Å². The molecule has 0 spiro atoms. The van der Waals surface area contributed by atoms with E-state index >= 15 is 0 Å². The van der Waals surface area contributed by atoms with Crippen LogP contribution in [-0.2, 0) is 11.3 Å². The lowest BCUT2D eigenvalue weighted by Crippen LogP contribution is -2.36. The van der Waals surface area contributed by atoms with Crippen LogP contribution in [0.2, 0.25) is 0 Å². The molecular weight excluding hydrogens is 351 g/mol. The summed E-state index contributed by atoms with van der Waals surface area (Å²) in [6.07, 6.45) is 3.25. The predicted octanol–water partition coefficient (Wildman–Crippen LogP) is 1.23. The Kier molecular flexibility index (Phi) is 4.93. The first-order valence-corrected chi connectivity index (χ1v) is 8.76. The second kappa shape index (κ2) is 7.67. The quantitative estimate of drug-likeness (QED) is 0.727. The first-order valence-electron chi connectivity index (χ1n) is 8.76. The number of hydrogen-bond donors (Lipinski definition) is 1. The number of halogens is 1. The number of amides is 1. The Bertz CT molecular complexity index is 954. The lowest BCUT2D eigenvalue weighted by Gasteiger charge is -2.27. The molecule has 1 N–H and O–H groups in total. The summed E-state index contributed by atoms with van der Waals surface area (Å²) in [4.78, 5) is 23.0. The summed E-state index contributed by atoms with van der Waals surface area (Å²) in [6, 6.07) is 5.90. The van der Waals surface area contributed by atoms with Crippen LogP contribution in [0.1, 0.15) is 10.4 Å². The minimum absolute atomic E-state index is 0.0275. The standard InChI is InChI=1S/C18H19FN6O2/c19-15-4-2-1-3-13(15)18(26)20-5-6-25-17-14(11-23-25)16(21-12-22-17)24-7-9-27-10-8-24/h1-4,11-12H,5-10H2,(H,20,26). The molecule has 27 heavy (non-hydrogen) atoms. The molecule has 1 saturated heterocycles. The van der Waals surface area contributed by atoms with E-state index in [0.29, 0.717) is 32.0 Å². The van der Waals surface area contributed by atoms with Crippen molar-refractivity contribution in [1.29, 1.82) is 0 Å². The molecule has 140 valence electrons. The Morgan fingerprint density at radius 1 is 1.22 bits per heavy atom. The second-order valence-electron chi connectivity index (χ2n) is 6.14. The largest absolute Gasteiger partial charge is 0.378 e. The van der Waals surface area contributed by atoms with E-state index in [1.54, 1.807) is 23.0 Å². The third-order valence-electron chi connectivity index (χ3n) is 4.45. The van der Waals surface area contributed by atoms with Gasteiger partial charge in [-0.15, -0.1) is 0 Å². The molecule has 0 unspecified atom stereocenters. The van der Waals surface area contributed by atoms with E-state index in [0.717, 1.165) is 24.3 Å². The van der Waals surface area contributed by atoms with Gasteiger partial charge in [0.2, 0.25) is 0 Å². The van der Waals surface area contributed by atoms with E-state index in [2.05, 4.69) is 25.3 Å². The summed E-state index contributed by atoms with van der Waals surface area (Å²) in [7, 11) is 0. The maximum atomic E-state index is 13.7. The third-order valence-corrected chi connectivity index (χ3v) is 4.45. The van der Waals surface area contributed by atoms with Crippen molar-refractivity contribution in [3.05, 3.63) is 48.2 Å². The van der Waals surface area contributed by atoms with Crippen molar-refractivity contribution in [1.82, 2.24) is 25.1 Å². The minimum atomic E-state index is -0.539. The van der Waals surface area contributed by atoms with Gasteiger partial charge in [0, 0.05) is 19.6 Å². The van der Waals surface area contributed by atoms with E-state index in [4.69, 9.17) is 4.74 Å². The van der Waals surface area contributed by atoms with Gasteiger partial charge in [-0.05, 0) is 12.1 Å². The fraction of sp³-hybridized carbons (Fsp3) is 0.333. The van der Waals surface area contributed by atoms with Crippen molar-refractivity contribution in [2.45, 2.75) is 6.54 Å². The molecule has 2 aromatic heterocycles. The molecule has 0 saturated carbocycles. The Morgan fingerprint density at radius 3 is 2.85 bits per heavy atom. The second-order valence-corrected chi connectivity index (χ2v) is 6.14. The smallest absolute Gasteiger partial charge is 0.254 e. The maximum Gasteiger partial charge on any atom is 0.254 e. The number of nitrogens with zero attached hydrogens (tertiary/aromatic N) is 5. The van der Waals surface area contributed by atoms with Gasteiger partial charge in [-0.2, -0.15) is 5.10 Å². The molecular formula is C18H19FN6O2. The fourth-order valence-electron chi connectivity index (χ4n) is 3.09. The topological polar surface area (TPSA) is 85.2 Å². The van der Waals surface area contributed by atoms with Crippen molar-refractivity contribution in [2.24, 2.45) is 0 Å². The summed E-state index contributed by atoms with van der Waals surface area (Å²) in [5.74, 6) is -0.152. The first-order chi connectivity index (χ1) is 13.2. The van der Waals surface area contributed by atoms with Crippen molar-refractivity contribution >= 4 is 22.8 Å². The van der Waals surface area contributed by atoms with Crippen LogP contribution in [0.15, 0.2) is 36.8 Å². The van der Waals surface area contributed by atoms with Crippen LogP contribution in [-0.4, -0.2) is 58.5 Å². The van der Waals surface area contributed by atoms with Crippen molar-refractivity contribution in [2.75, 3.05) is 37.7 Å². The molecule has 4 rings (SSSR count). The highest BCUT2D eigenvalue weighted by atomic mass is 19.1. The van der Waals surface area contributed by atoms with Crippen LogP contribution >= 0.6 is 0 Å². The zero-order chi connectivity index (χ0) is 18.6. The van der Waals surface area contributed by atoms with E-state index in [1.165, 1.54) is 18.5 Å². The number of morpholine rings is 1. The molecule has 3 aromatic rings. The van der Waals surface area contributed by atoms with Crippen molar-refractivity contribution in [3.8, 4) is 0 Å². The molecule has 9 heteroatoms. The van der Waals surface area contributed by atoms with Gasteiger partial charge in [-0.1, -0.05) is 12.1 Å². The predicted molar refractivity (Wildman–Crippen MR) is 97.1 cm³/mol. The number of fused-ring (bicyclic) bond motifs is 1. The number of ether oxygens (including phenoxy) is 1. The number of anilines is 1. The molecule has 0 radical (unpaired) electrons. The van der Waals surface area contributed by atoms with Crippen LogP contribution in [0.4, 0.5) is 10.2 Å². The van der Waals surface area contributed by atoms with Crippen LogP contribution < -0.4 is 10.2 Å². The summed E-state index contributed by atoms with van der Waals surface area (Å²) < 4.78 is 20.8. The summed E-state index contributed by atoms with van der Waals surface area (Å²) in [5.41, 5.74) is 0.728. The zero-order valence-electron chi connectivity index (χ0n) is 14.6. The van der Waals surface area contributed by atoms with Gasteiger partial charge < -0.3 is 15.0 Å². The Hall–Kier alpha value is -3.07. The van der Waals surface area contributed by atoms with Gasteiger partial charge in [0.1, 0.15) is 18.0 Å². The molecule has 1 aliphatic rings. The molecule has 1 amide bonds. The summed E-state index contributed by atoms with van der Waals surface area (Å²) in [5, 5.41) is 7.94. The fourth-order valence-corrected chi connectivity index (χ4v) is 3.09. The number of benzene rings is 1. The van der Waals surface area contributed by atoms with Crippen molar-refractivity contribution in [3.63, 3.8) is 0 Å². The Morgan fingerprint density at radius 2 is 2.04 bits per heavy atom. The monoisotopic (exact) mass is 370 g/mol. The number of rotatable bonds is 5. The van der Waals surface area contributed by atoms with E-state index < -0.39 is 11.7 Å². The van der Waals surface area contributed by atoms with Gasteiger partial charge in [-0.25, -0.2) is 19.0 Å². The number of carbonyl (C=O) groups excluding carboxylic acids is 1. The lowest BCUT2D eigenvalue weighted by atomic mass is 10.2. The highest BCUT2D eigenvalue weighted by Crippen LogP contribution is 2.23. The molecule has 3 heterocycles. The van der Waals surface area contributed by atoms with Gasteiger partial charge >= 0.3 is 0 Å². The summed E-state index contributed by atoms with van der Waals surface area (Å²) >= 11 is 0. The maximum absolute atomic E-state index is 13.7. The summed E-state index contributed by atoms with van der Waals surface area (Å²) in [6.45, 7) is 3.61. The van der Waals surface area contributed by atoms with E-state index in [9.17, 15) is 9.18 Å². The molecule has 1 fully saturated rings. The van der Waals surface area contributed by atoms with Gasteiger partial charge in [0.25, 0.3) is 5.91 Å². The number of nitrogens with one attached hydrogen (secondary N) is 1. The Balaban J connectivity index is 1.45. The number of carbonyl (C=O) groups is 1. The molecule has 1 aromatic carbocycles. The van der Waals surface area contributed by atoms with Gasteiger partial charge in [-0.3, -0.25) is 4.79 Å². The number of aromatic nitrogens is 4. The van der Waals surface area contributed by atoms with Crippen LogP contribution in [0.3, 0.4) is 0 Å². The van der Waals surface area contributed by atoms with Crippen LogP contribution in [0.25, 0.3) is 11.0 Å². The average molecular weight is 370 g/mol. The number of hydrogen-bond acceptors (Lipinski definition) is 6. The van der Waals surface area contributed by atoms with Gasteiger partial charge in [0.15, 0.2) is 5.65 Å². The highest BCUT2D eigenvalue weighted by Gasteiger charge is 2.18. The molecule has 0 bridgehead atoms. The lowest BCUT2D eigenvalue weighted by molar-refractivity contribution is 0.0948. The Labute approximate surface area is 155 Å². The normalized spacial score (nSPS) is 14.5. The zero-order valence-corrected chi connectivity index (χ0v) is 14.6. The van der Waals surface area contributed by atoms with Crippen molar-refractivity contribution < 1.29 is 13.9 Å². The van der Waals surface area contributed by atoms with Crippen LogP contribution in [0, 0.1) is 5.82 Å². The minimum Gasteiger partial charge on any atom is -0.378 e. The molecule has 0 atom stereocenters. The average Bonchev–Trinajstić information content (AvgIpc) is 3.12. The highest BCUT2D eigenvalue weighted by molar-refractivity contribution is 5.94. The first kappa shape index (κ1) is 17.3. The molecule has 8 nitrogen and oxygen atoms in total. The SMILES string of the molecule is O=C(NCCn1ncc2c(N3CCOCC3)ncnc21)c1ccccc1F. The van der Waals surface area contributed by atoms with Crippen LogP contribution in [0.5, 0.6) is 0 Å². The molecule has 0 aliphatic carbocycles. The van der Waals surface area contributed by atoms with Gasteiger partial charge in [0.05, 0.1) is 36.9 Å². The third kappa shape index (κ3) is 3.59.